The number of benzene rings is 1. The highest BCUT2D eigenvalue weighted by Crippen LogP contribution is 2.25. The van der Waals surface area contributed by atoms with Gasteiger partial charge in [0.2, 0.25) is 5.91 Å². The molecule has 1 aromatic carbocycles. The first-order valence-electron chi connectivity index (χ1n) is 7.88. The fourth-order valence-corrected chi connectivity index (χ4v) is 3.14. The van der Waals surface area contributed by atoms with Crippen LogP contribution in [0.5, 0.6) is 0 Å². The zero-order chi connectivity index (χ0) is 16.2. The van der Waals surface area contributed by atoms with Crippen LogP contribution in [0.2, 0.25) is 0 Å². The maximum Gasteiger partial charge on any atom is 0.226 e. The lowest BCUT2D eigenvalue weighted by Gasteiger charge is -2.23. The number of nitrogens with zero attached hydrogens (tertiary/aromatic N) is 1. The summed E-state index contributed by atoms with van der Waals surface area (Å²) in [5.74, 6) is 1.96. The van der Waals surface area contributed by atoms with Crippen molar-refractivity contribution >= 4 is 21.8 Å². The van der Waals surface area contributed by atoms with Gasteiger partial charge in [0.1, 0.15) is 11.5 Å². The average Bonchev–Trinajstić information content (AvgIpc) is 3.04. The molecule has 0 radical (unpaired) electrons. The maximum atomic E-state index is 12.5. The average molecular weight is 374 g/mol. The number of carbonyl (C=O) groups excluding carboxylic acids is 1. The van der Waals surface area contributed by atoms with E-state index in [2.05, 4.69) is 28.1 Å². The number of allylic oxidation sites excluding steroid dienone is 2. The molecule has 0 spiro atoms. The molecule has 2 aromatic rings. The Balaban J connectivity index is 1.65. The number of carbonyl (C=O) groups is 1. The highest BCUT2D eigenvalue weighted by atomic mass is 79.9. The molecule has 1 atom stereocenters. The minimum absolute atomic E-state index is 0.117. The molecule has 0 saturated carbocycles. The van der Waals surface area contributed by atoms with Crippen LogP contribution in [0.3, 0.4) is 0 Å². The molecule has 1 aliphatic rings. The monoisotopic (exact) mass is 373 g/mol. The maximum absolute atomic E-state index is 12.5. The lowest BCUT2D eigenvalue weighted by atomic mass is 9.93. The second-order valence-electron chi connectivity index (χ2n) is 5.95. The topological polar surface area (TPSA) is 33.5 Å². The van der Waals surface area contributed by atoms with Crippen LogP contribution >= 0.6 is 15.9 Å². The van der Waals surface area contributed by atoms with Gasteiger partial charge in [-0.25, -0.2) is 0 Å². The minimum atomic E-state index is 0.117. The molecule has 4 heteroatoms. The van der Waals surface area contributed by atoms with Crippen LogP contribution in [0.15, 0.2) is 57.4 Å². The van der Waals surface area contributed by atoms with Crippen LogP contribution in [-0.2, 0) is 11.3 Å². The fourth-order valence-electron chi connectivity index (χ4n) is 2.87. The molecular weight excluding hydrogens is 354 g/mol. The first-order chi connectivity index (χ1) is 11.1. The fraction of sp³-hybridized carbons (Fsp3) is 0.316. The van der Waals surface area contributed by atoms with Crippen LogP contribution in [0.25, 0.3) is 11.3 Å². The standard InChI is InChI=1S/C19H20BrNO2/c1-21(19(22)15-5-3-2-4-6-15)13-17-11-12-18(23-17)14-7-9-16(20)10-8-14/h2-3,7-12,15H,4-6,13H2,1H3/t15-/m1/s1. The molecule has 120 valence electrons. The van der Waals surface area contributed by atoms with Crippen molar-refractivity contribution in [2.75, 3.05) is 7.05 Å². The van der Waals surface area contributed by atoms with Crippen LogP contribution in [-0.4, -0.2) is 17.9 Å². The third kappa shape index (κ3) is 3.94. The van der Waals surface area contributed by atoms with Crippen molar-refractivity contribution < 1.29 is 9.21 Å². The van der Waals surface area contributed by atoms with Gasteiger partial charge in [0, 0.05) is 23.0 Å². The Labute approximate surface area is 145 Å². The van der Waals surface area contributed by atoms with Gasteiger partial charge in [0.05, 0.1) is 6.54 Å². The van der Waals surface area contributed by atoms with Crippen molar-refractivity contribution in [2.45, 2.75) is 25.8 Å². The second kappa shape index (κ2) is 7.18. The molecule has 23 heavy (non-hydrogen) atoms. The highest BCUT2D eigenvalue weighted by molar-refractivity contribution is 9.10. The molecule has 1 aliphatic carbocycles. The summed E-state index contributed by atoms with van der Waals surface area (Å²) in [6.07, 6.45) is 7.06. The van der Waals surface area contributed by atoms with Gasteiger partial charge in [0.25, 0.3) is 0 Å². The molecule has 1 heterocycles. The Kier molecular flexibility index (Phi) is 5.01. The van der Waals surface area contributed by atoms with E-state index < -0.39 is 0 Å². The number of amides is 1. The first kappa shape index (κ1) is 16.1. The first-order valence-corrected chi connectivity index (χ1v) is 8.67. The zero-order valence-electron chi connectivity index (χ0n) is 13.2. The Hall–Kier alpha value is -1.81. The van der Waals surface area contributed by atoms with E-state index in [1.54, 1.807) is 4.90 Å². The summed E-state index contributed by atoms with van der Waals surface area (Å²) in [5.41, 5.74) is 1.03. The largest absolute Gasteiger partial charge is 0.459 e. The SMILES string of the molecule is CN(Cc1ccc(-c2ccc(Br)cc2)o1)C(=O)[C@@H]1CC=CCC1. The number of hydrogen-bond acceptors (Lipinski definition) is 2. The summed E-state index contributed by atoms with van der Waals surface area (Å²) in [4.78, 5) is 14.2. The molecule has 0 aliphatic heterocycles. The van der Waals surface area contributed by atoms with E-state index in [1.165, 1.54) is 0 Å². The molecule has 3 nitrogen and oxygen atoms in total. The van der Waals surface area contributed by atoms with Crippen LogP contribution in [0, 0.1) is 5.92 Å². The van der Waals surface area contributed by atoms with Crippen molar-refractivity contribution in [1.29, 1.82) is 0 Å². The van der Waals surface area contributed by atoms with Gasteiger partial charge in [0.15, 0.2) is 0 Å². The van der Waals surface area contributed by atoms with Gasteiger partial charge in [-0.3, -0.25) is 4.79 Å². The predicted octanol–water partition coefficient (Wildman–Crippen LogP) is 5.02. The van der Waals surface area contributed by atoms with Gasteiger partial charge >= 0.3 is 0 Å². The van der Waals surface area contributed by atoms with Crippen LogP contribution < -0.4 is 0 Å². The normalized spacial score (nSPS) is 17.2. The molecular formula is C19H20BrNO2. The minimum Gasteiger partial charge on any atom is -0.459 e. The van der Waals surface area contributed by atoms with E-state index in [-0.39, 0.29) is 11.8 Å². The quantitative estimate of drug-likeness (QED) is 0.704. The summed E-state index contributed by atoms with van der Waals surface area (Å²) in [7, 11) is 1.85. The van der Waals surface area contributed by atoms with Crippen LogP contribution in [0.4, 0.5) is 0 Å². The van der Waals surface area contributed by atoms with Gasteiger partial charge in [-0.15, -0.1) is 0 Å². The number of furan rings is 1. The summed E-state index contributed by atoms with van der Waals surface area (Å²) >= 11 is 3.43. The predicted molar refractivity (Wildman–Crippen MR) is 94.8 cm³/mol. The van der Waals surface area contributed by atoms with Gasteiger partial charge in [-0.1, -0.05) is 40.2 Å². The number of halogens is 1. The van der Waals surface area contributed by atoms with E-state index in [0.717, 1.165) is 40.8 Å². The lowest BCUT2D eigenvalue weighted by molar-refractivity contribution is -0.135. The molecule has 0 bridgehead atoms. The van der Waals surface area contributed by atoms with Crippen molar-refractivity contribution in [3.8, 4) is 11.3 Å². The highest BCUT2D eigenvalue weighted by Gasteiger charge is 2.22. The molecule has 1 aromatic heterocycles. The molecule has 0 N–H and O–H groups in total. The summed E-state index contributed by atoms with van der Waals surface area (Å²) in [5, 5.41) is 0. The lowest BCUT2D eigenvalue weighted by Crippen LogP contribution is -2.32. The van der Waals surface area contributed by atoms with Crippen molar-refractivity contribution in [3.63, 3.8) is 0 Å². The molecule has 1 amide bonds. The van der Waals surface area contributed by atoms with Crippen molar-refractivity contribution in [3.05, 3.63) is 58.8 Å². The summed E-state index contributed by atoms with van der Waals surface area (Å²) in [6.45, 7) is 0.509. The zero-order valence-corrected chi connectivity index (χ0v) is 14.8. The summed E-state index contributed by atoms with van der Waals surface area (Å²) in [6, 6.07) is 11.9. The van der Waals surface area contributed by atoms with Gasteiger partial charge in [-0.2, -0.15) is 0 Å². The van der Waals surface area contributed by atoms with Gasteiger partial charge in [-0.05, 0) is 43.5 Å². The smallest absolute Gasteiger partial charge is 0.226 e. The third-order valence-corrected chi connectivity index (χ3v) is 4.71. The van der Waals surface area contributed by atoms with E-state index in [0.29, 0.717) is 6.54 Å². The Morgan fingerprint density at radius 1 is 1.22 bits per heavy atom. The van der Waals surface area contributed by atoms with E-state index in [1.807, 2.05) is 43.4 Å². The molecule has 0 fully saturated rings. The summed E-state index contributed by atoms with van der Waals surface area (Å²) < 4.78 is 6.94. The molecule has 3 rings (SSSR count). The van der Waals surface area contributed by atoms with Crippen molar-refractivity contribution in [2.24, 2.45) is 5.92 Å². The second-order valence-corrected chi connectivity index (χ2v) is 6.86. The van der Waals surface area contributed by atoms with Crippen molar-refractivity contribution in [1.82, 2.24) is 4.90 Å². The van der Waals surface area contributed by atoms with E-state index in [9.17, 15) is 4.79 Å². The number of rotatable bonds is 4. The molecule has 0 unspecified atom stereocenters. The Bertz CT molecular complexity index is 702. The molecule has 0 saturated heterocycles. The Morgan fingerprint density at radius 2 is 2.00 bits per heavy atom. The van der Waals surface area contributed by atoms with Crippen LogP contribution in [0.1, 0.15) is 25.0 Å². The van der Waals surface area contributed by atoms with E-state index in [4.69, 9.17) is 4.42 Å². The number of hydrogen-bond donors (Lipinski definition) is 0. The Morgan fingerprint density at radius 3 is 2.70 bits per heavy atom. The van der Waals surface area contributed by atoms with Gasteiger partial charge < -0.3 is 9.32 Å². The third-order valence-electron chi connectivity index (χ3n) is 4.18. The van der Waals surface area contributed by atoms with E-state index >= 15 is 0 Å².